The first-order valence-electron chi connectivity index (χ1n) is 7.00. The number of hydrogen-bond acceptors (Lipinski definition) is 4. The molecule has 0 aliphatic carbocycles. The number of sulfone groups is 1. The lowest BCUT2D eigenvalue weighted by Crippen LogP contribution is -2.37. The number of nitrogens with zero attached hydrogens (tertiary/aromatic N) is 1. The Bertz CT molecular complexity index is 612. The molecule has 116 valence electrons. The van der Waals surface area contributed by atoms with Gasteiger partial charge in [0.1, 0.15) is 5.75 Å². The lowest BCUT2D eigenvalue weighted by Gasteiger charge is -2.23. The van der Waals surface area contributed by atoms with E-state index in [4.69, 9.17) is 4.74 Å². The van der Waals surface area contributed by atoms with Crippen LogP contribution in [0.2, 0.25) is 0 Å². The molecule has 2 rings (SSSR count). The molecule has 1 heterocycles. The van der Waals surface area contributed by atoms with E-state index in [0.29, 0.717) is 19.3 Å². The average Bonchev–Trinajstić information content (AvgIpc) is 2.84. The number of hydrogen-bond donors (Lipinski definition) is 0. The second kappa shape index (κ2) is 6.47. The molecule has 1 amide bonds. The van der Waals surface area contributed by atoms with Gasteiger partial charge in [0.2, 0.25) is 5.91 Å². The van der Waals surface area contributed by atoms with E-state index in [1.54, 1.807) is 19.1 Å². The molecule has 0 aromatic heterocycles. The summed E-state index contributed by atoms with van der Waals surface area (Å²) < 4.78 is 28.1. The van der Waals surface area contributed by atoms with E-state index < -0.39 is 9.84 Å². The van der Waals surface area contributed by atoms with Crippen LogP contribution in [0.5, 0.6) is 5.75 Å². The zero-order valence-corrected chi connectivity index (χ0v) is 13.2. The van der Waals surface area contributed by atoms with Crippen LogP contribution in [-0.4, -0.2) is 50.9 Å². The number of rotatable bonds is 5. The summed E-state index contributed by atoms with van der Waals surface area (Å²) in [5.41, 5.74) is 1.04. The van der Waals surface area contributed by atoms with Gasteiger partial charge in [-0.2, -0.15) is 0 Å². The fourth-order valence-corrected chi connectivity index (χ4v) is 4.31. The molecule has 0 spiro atoms. The molecule has 1 unspecified atom stereocenters. The number of aryl methyl sites for hydroxylation is 1. The highest BCUT2D eigenvalue weighted by Crippen LogP contribution is 2.18. The molecule has 1 saturated heterocycles. The van der Waals surface area contributed by atoms with E-state index in [-0.39, 0.29) is 23.5 Å². The monoisotopic (exact) mass is 311 g/mol. The number of methoxy groups -OCH3 is 1. The summed E-state index contributed by atoms with van der Waals surface area (Å²) in [7, 11) is 0.343. The van der Waals surface area contributed by atoms with Gasteiger partial charge in [0.05, 0.1) is 18.6 Å². The molecule has 1 atom stereocenters. The topological polar surface area (TPSA) is 63.7 Å². The van der Waals surface area contributed by atoms with Gasteiger partial charge in [-0.15, -0.1) is 0 Å². The number of carbonyl (C=O) groups excluding carboxylic acids is 1. The highest BCUT2D eigenvalue weighted by molar-refractivity contribution is 7.91. The van der Waals surface area contributed by atoms with E-state index in [1.165, 1.54) is 0 Å². The van der Waals surface area contributed by atoms with Crippen LogP contribution >= 0.6 is 0 Å². The van der Waals surface area contributed by atoms with Crippen molar-refractivity contribution in [1.82, 2.24) is 4.90 Å². The summed E-state index contributed by atoms with van der Waals surface area (Å²) in [5.74, 6) is 1.04. The van der Waals surface area contributed by atoms with E-state index >= 15 is 0 Å². The van der Waals surface area contributed by atoms with Gasteiger partial charge in [0, 0.05) is 19.5 Å². The number of carbonyl (C=O) groups is 1. The molecule has 5 nitrogen and oxygen atoms in total. The molecule has 1 aromatic carbocycles. The first kappa shape index (κ1) is 15.8. The molecular weight excluding hydrogens is 290 g/mol. The van der Waals surface area contributed by atoms with Gasteiger partial charge in [-0.1, -0.05) is 12.1 Å². The van der Waals surface area contributed by atoms with Gasteiger partial charge in [-0.05, 0) is 30.5 Å². The van der Waals surface area contributed by atoms with Crippen molar-refractivity contribution in [2.75, 3.05) is 25.7 Å². The fraction of sp³-hybridized carbons (Fsp3) is 0.533. The summed E-state index contributed by atoms with van der Waals surface area (Å²) in [6.45, 7) is 0. The Balaban J connectivity index is 1.89. The van der Waals surface area contributed by atoms with Crippen molar-refractivity contribution >= 4 is 15.7 Å². The summed E-state index contributed by atoms with van der Waals surface area (Å²) in [6, 6.07) is 7.45. The highest BCUT2D eigenvalue weighted by Gasteiger charge is 2.32. The van der Waals surface area contributed by atoms with Crippen molar-refractivity contribution in [1.29, 1.82) is 0 Å². The normalized spacial score (nSPS) is 20.2. The summed E-state index contributed by atoms with van der Waals surface area (Å²) in [5, 5.41) is 0. The van der Waals surface area contributed by atoms with E-state index in [0.717, 1.165) is 11.3 Å². The molecule has 0 N–H and O–H groups in total. The van der Waals surface area contributed by atoms with Gasteiger partial charge < -0.3 is 9.64 Å². The SMILES string of the molecule is COc1cccc(CCC(=O)N(C)C2CCS(=O)(=O)C2)c1. The smallest absolute Gasteiger partial charge is 0.222 e. The van der Waals surface area contributed by atoms with Crippen molar-refractivity contribution in [3.8, 4) is 5.75 Å². The fourth-order valence-electron chi connectivity index (χ4n) is 2.54. The molecule has 0 bridgehead atoms. The van der Waals surface area contributed by atoms with Crippen molar-refractivity contribution in [2.45, 2.75) is 25.3 Å². The van der Waals surface area contributed by atoms with Gasteiger partial charge in [-0.25, -0.2) is 8.42 Å². The maximum absolute atomic E-state index is 12.2. The second-order valence-corrected chi connectivity index (χ2v) is 7.64. The molecule has 0 radical (unpaired) electrons. The van der Waals surface area contributed by atoms with E-state index in [9.17, 15) is 13.2 Å². The Morgan fingerprint density at radius 1 is 1.43 bits per heavy atom. The van der Waals surface area contributed by atoms with Gasteiger partial charge >= 0.3 is 0 Å². The molecular formula is C15H21NO4S. The summed E-state index contributed by atoms with van der Waals surface area (Å²) in [4.78, 5) is 13.8. The Labute approximate surface area is 125 Å². The van der Waals surface area contributed by atoms with Crippen molar-refractivity contribution in [2.24, 2.45) is 0 Å². The third-order valence-electron chi connectivity index (χ3n) is 3.91. The molecule has 1 aliphatic heterocycles. The average molecular weight is 311 g/mol. The lowest BCUT2D eigenvalue weighted by atomic mass is 10.1. The van der Waals surface area contributed by atoms with E-state index in [1.807, 2.05) is 24.3 Å². The Morgan fingerprint density at radius 2 is 2.19 bits per heavy atom. The zero-order chi connectivity index (χ0) is 15.5. The molecule has 6 heteroatoms. The predicted octanol–water partition coefficient (Wildman–Crippen LogP) is 1.27. The maximum atomic E-state index is 12.2. The van der Waals surface area contributed by atoms with Gasteiger partial charge in [0.25, 0.3) is 0 Å². The van der Waals surface area contributed by atoms with Crippen LogP contribution in [0.15, 0.2) is 24.3 Å². The predicted molar refractivity (Wildman–Crippen MR) is 81.1 cm³/mol. The quantitative estimate of drug-likeness (QED) is 0.821. The summed E-state index contributed by atoms with van der Waals surface area (Å²) in [6.07, 6.45) is 1.55. The third kappa shape index (κ3) is 4.20. The largest absolute Gasteiger partial charge is 0.497 e. The zero-order valence-electron chi connectivity index (χ0n) is 12.4. The van der Waals surface area contributed by atoms with Crippen molar-refractivity contribution < 1.29 is 17.9 Å². The Kier molecular flexibility index (Phi) is 4.88. The highest BCUT2D eigenvalue weighted by atomic mass is 32.2. The Hall–Kier alpha value is -1.56. The van der Waals surface area contributed by atoms with E-state index in [2.05, 4.69) is 0 Å². The van der Waals surface area contributed by atoms with Crippen LogP contribution in [0.3, 0.4) is 0 Å². The molecule has 1 fully saturated rings. The summed E-state index contributed by atoms with van der Waals surface area (Å²) >= 11 is 0. The van der Waals surface area contributed by atoms with Crippen molar-refractivity contribution in [3.63, 3.8) is 0 Å². The van der Waals surface area contributed by atoms with Crippen LogP contribution in [0, 0.1) is 0 Å². The molecule has 1 aliphatic rings. The third-order valence-corrected chi connectivity index (χ3v) is 5.66. The van der Waals surface area contributed by atoms with Crippen LogP contribution in [0.4, 0.5) is 0 Å². The lowest BCUT2D eigenvalue weighted by molar-refractivity contribution is -0.131. The number of amides is 1. The van der Waals surface area contributed by atoms with Crippen LogP contribution in [-0.2, 0) is 21.1 Å². The minimum atomic E-state index is -2.96. The molecule has 21 heavy (non-hydrogen) atoms. The maximum Gasteiger partial charge on any atom is 0.222 e. The Morgan fingerprint density at radius 3 is 2.81 bits per heavy atom. The second-order valence-electron chi connectivity index (χ2n) is 5.41. The number of benzene rings is 1. The standard InChI is InChI=1S/C15H21NO4S/c1-16(13-8-9-21(18,19)11-13)15(17)7-6-12-4-3-5-14(10-12)20-2/h3-5,10,13H,6-9,11H2,1-2H3. The van der Waals surface area contributed by atoms with Gasteiger partial charge in [-0.3, -0.25) is 4.79 Å². The molecule has 0 saturated carbocycles. The van der Waals surface area contributed by atoms with Crippen molar-refractivity contribution in [3.05, 3.63) is 29.8 Å². The van der Waals surface area contributed by atoms with Crippen LogP contribution in [0.1, 0.15) is 18.4 Å². The van der Waals surface area contributed by atoms with Gasteiger partial charge in [0.15, 0.2) is 9.84 Å². The van der Waals surface area contributed by atoms with Crippen LogP contribution < -0.4 is 4.74 Å². The van der Waals surface area contributed by atoms with Crippen LogP contribution in [0.25, 0.3) is 0 Å². The molecule has 1 aromatic rings. The minimum absolute atomic E-state index is 0.0140. The first-order valence-corrected chi connectivity index (χ1v) is 8.82. The first-order chi connectivity index (χ1) is 9.91. The minimum Gasteiger partial charge on any atom is -0.497 e. The number of ether oxygens (including phenoxy) is 1.